The van der Waals surface area contributed by atoms with Gasteiger partial charge >= 0.3 is 0 Å². The number of ether oxygens (including phenoxy) is 1. The average molecular weight is 327 g/mol. The number of nitrogens with zero attached hydrogens (tertiary/aromatic N) is 2. The van der Waals surface area contributed by atoms with Gasteiger partial charge in [0.15, 0.2) is 0 Å². The quantitative estimate of drug-likeness (QED) is 0.801. The van der Waals surface area contributed by atoms with Crippen molar-refractivity contribution in [1.29, 1.82) is 0 Å². The fourth-order valence-electron chi connectivity index (χ4n) is 2.28. The van der Waals surface area contributed by atoms with Crippen molar-refractivity contribution in [3.05, 3.63) is 11.5 Å². The largest absolute Gasteiger partial charge is 0.437 e. The number of thioether (sulfide) groups is 1. The molecule has 1 fully saturated rings. The van der Waals surface area contributed by atoms with Crippen LogP contribution in [0.25, 0.3) is 0 Å². The summed E-state index contributed by atoms with van der Waals surface area (Å²) < 4.78 is 10.8. The Labute approximate surface area is 136 Å². The van der Waals surface area contributed by atoms with E-state index in [2.05, 4.69) is 29.0 Å². The second kappa shape index (κ2) is 7.48. The summed E-state index contributed by atoms with van der Waals surface area (Å²) in [5.41, 5.74) is 0.802. The highest BCUT2D eigenvalue weighted by molar-refractivity contribution is 7.99. The molecule has 0 aromatic carbocycles. The number of aromatic nitrogens is 1. The molecule has 0 saturated carbocycles. The number of hydrogen-bond acceptors (Lipinski definition) is 6. The molecule has 22 heavy (non-hydrogen) atoms. The van der Waals surface area contributed by atoms with Crippen molar-refractivity contribution in [3.8, 4) is 0 Å². The van der Waals surface area contributed by atoms with Crippen molar-refractivity contribution in [3.63, 3.8) is 0 Å². The summed E-state index contributed by atoms with van der Waals surface area (Å²) in [5, 5.41) is 3.55. The maximum absolute atomic E-state index is 12.0. The molecule has 7 heteroatoms. The zero-order valence-electron chi connectivity index (χ0n) is 13.8. The molecular formula is C15H25N3O3S. The number of amides is 1. The van der Waals surface area contributed by atoms with Gasteiger partial charge in [-0.25, -0.2) is 4.98 Å². The maximum atomic E-state index is 12.0. The van der Waals surface area contributed by atoms with Crippen LogP contribution in [0.15, 0.2) is 9.64 Å². The standard InChI is InChI=1S/C15H25N3O3S/c1-11-12(2)21-14(17-11)22-9-13(19)16-10-15(3,4)18-5-7-20-8-6-18/h5-10H2,1-4H3,(H,16,19). The molecule has 6 nitrogen and oxygen atoms in total. The third kappa shape index (κ3) is 4.72. The second-order valence-electron chi connectivity index (χ2n) is 6.10. The van der Waals surface area contributed by atoms with Crippen LogP contribution >= 0.6 is 11.8 Å². The Balaban J connectivity index is 1.74. The number of oxazole rings is 1. The smallest absolute Gasteiger partial charge is 0.256 e. The van der Waals surface area contributed by atoms with Gasteiger partial charge in [0.25, 0.3) is 5.22 Å². The Morgan fingerprint density at radius 3 is 2.64 bits per heavy atom. The Kier molecular flexibility index (Phi) is 5.88. The first-order valence-corrected chi connectivity index (χ1v) is 8.53. The molecule has 1 saturated heterocycles. The van der Waals surface area contributed by atoms with Crippen molar-refractivity contribution in [1.82, 2.24) is 15.2 Å². The van der Waals surface area contributed by atoms with Gasteiger partial charge in [-0.05, 0) is 27.7 Å². The predicted molar refractivity (Wildman–Crippen MR) is 86.2 cm³/mol. The van der Waals surface area contributed by atoms with E-state index in [0.29, 0.717) is 17.5 Å². The molecular weight excluding hydrogens is 302 g/mol. The minimum absolute atomic E-state index is 0.000148. The molecule has 1 N–H and O–H groups in total. The van der Waals surface area contributed by atoms with Gasteiger partial charge in [-0.1, -0.05) is 11.8 Å². The molecule has 124 valence electrons. The fraction of sp³-hybridized carbons (Fsp3) is 0.733. The summed E-state index contributed by atoms with van der Waals surface area (Å²) in [7, 11) is 0. The van der Waals surface area contributed by atoms with Crippen molar-refractivity contribution in [2.75, 3.05) is 38.6 Å². The molecule has 0 bridgehead atoms. The summed E-state index contributed by atoms with van der Waals surface area (Å²) >= 11 is 1.33. The lowest BCUT2D eigenvalue weighted by molar-refractivity contribution is -0.119. The van der Waals surface area contributed by atoms with Crippen LogP contribution in [0.3, 0.4) is 0 Å². The molecule has 1 amide bonds. The molecule has 1 aromatic rings. The van der Waals surface area contributed by atoms with Crippen LogP contribution in [0.1, 0.15) is 25.3 Å². The second-order valence-corrected chi connectivity index (χ2v) is 7.03. The van der Waals surface area contributed by atoms with Crippen LogP contribution in [0, 0.1) is 13.8 Å². The number of morpholine rings is 1. The highest BCUT2D eigenvalue weighted by Crippen LogP contribution is 2.20. The molecule has 1 aromatic heterocycles. The average Bonchev–Trinajstić information content (AvgIpc) is 2.83. The van der Waals surface area contributed by atoms with E-state index in [9.17, 15) is 4.79 Å². The van der Waals surface area contributed by atoms with E-state index in [4.69, 9.17) is 9.15 Å². The van der Waals surface area contributed by atoms with Crippen LogP contribution in [-0.4, -0.2) is 59.9 Å². The summed E-state index contributed by atoms with van der Waals surface area (Å²) in [4.78, 5) is 18.6. The maximum Gasteiger partial charge on any atom is 0.256 e. The van der Waals surface area contributed by atoms with Crippen LogP contribution in [-0.2, 0) is 9.53 Å². The monoisotopic (exact) mass is 327 g/mol. The van der Waals surface area contributed by atoms with Gasteiger partial charge in [-0.3, -0.25) is 9.69 Å². The predicted octanol–water partition coefficient (Wildman–Crippen LogP) is 1.61. The van der Waals surface area contributed by atoms with Crippen molar-refractivity contribution in [2.45, 2.75) is 38.5 Å². The fourth-order valence-corrected chi connectivity index (χ4v) is 3.02. The number of aryl methyl sites for hydroxylation is 2. The minimum atomic E-state index is -0.0692. The van der Waals surface area contributed by atoms with Gasteiger partial charge in [0, 0.05) is 25.2 Å². The van der Waals surface area contributed by atoms with Crippen molar-refractivity contribution >= 4 is 17.7 Å². The van der Waals surface area contributed by atoms with E-state index in [0.717, 1.165) is 37.8 Å². The highest BCUT2D eigenvalue weighted by atomic mass is 32.2. The van der Waals surface area contributed by atoms with E-state index in [1.165, 1.54) is 11.8 Å². The lowest BCUT2D eigenvalue weighted by atomic mass is 10.0. The summed E-state index contributed by atoms with van der Waals surface area (Å²) in [6, 6.07) is 0. The van der Waals surface area contributed by atoms with E-state index < -0.39 is 0 Å². The number of carbonyl (C=O) groups is 1. The first-order chi connectivity index (χ1) is 10.4. The number of hydrogen-bond donors (Lipinski definition) is 1. The molecule has 0 aliphatic carbocycles. The van der Waals surface area contributed by atoms with E-state index >= 15 is 0 Å². The summed E-state index contributed by atoms with van der Waals surface area (Å²) in [5.74, 6) is 1.12. The van der Waals surface area contributed by atoms with Crippen LogP contribution < -0.4 is 5.32 Å². The molecule has 2 heterocycles. The lowest BCUT2D eigenvalue weighted by Crippen LogP contribution is -2.55. The molecule has 0 atom stereocenters. The van der Waals surface area contributed by atoms with E-state index in [-0.39, 0.29) is 11.4 Å². The van der Waals surface area contributed by atoms with Crippen LogP contribution in [0.5, 0.6) is 0 Å². The van der Waals surface area contributed by atoms with Crippen LogP contribution in [0.2, 0.25) is 0 Å². The topological polar surface area (TPSA) is 67.6 Å². The number of rotatable bonds is 6. The highest BCUT2D eigenvalue weighted by Gasteiger charge is 2.28. The van der Waals surface area contributed by atoms with Gasteiger partial charge < -0.3 is 14.5 Å². The summed E-state index contributed by atoms with van der Waals surface area (Å²) in [6.45, 7) is 12.0. The third-order valence-electron chi connectivity index (χ3n) is 3.92. The third-order valence-corrected chi connectivity index (χ3v) is 4.75. The first kappa shape index (κ1) is 17.3. The Bertz CT molecular complexity index is 491. The van der Waals surface area contributed by atoms with Crippen molar-refractivity contribution in [2.24, 2.45) is 0 Å². The molecule has 0 spiro atoms. The molecule has 1 aliphatic rings. The SMILES string of the molecule is Cc1nc(SCC(=O)NCC(C)(C)N2CCOCC2)oc1C. The van der Waals surface area contributed by atoms with Gasteiger partial charge in [-0.15, -0.1) is 0 Å². The van der Waals surface area contributed by atoms with Crippen molar-refractivity contribution < 1.29 is 13.9 Å². The van der Waals surface area contributed by atoms with Gasteiger partial charge in [0.05, 0.1) is 24.7 Å². The minimum Gasteiger partial charge on any atom is -0.437 e. The first-order valence-electron chi connectivity index (χ1n) is 7.55. The lowest BCUT2D eigenvalue weighted by Gasteiger charge is -2.40. The van der Waals surface area contributed by atoms with E-state index in [1.807, 2.05) is 13.8 Å². The molecule has 0 radical (unpaired) electrons. The van der Waals surface area contributed by atoms with Gasteiger partial charge in [0.1, 0.15) is 5.76 Å². The zero-order valence-corrected chi connectivity index (χ0v) is 14.6. The Hall–Kier alpha value is -1.05. The Morgan fingerprint density at radius 1 is 1.36 bits per heavy atom. The van der Waals surface area contributed by atoms with Crippen LogP contribution in [0.4, 0.5) is 0 Å². The number of carbonyl (C=O) groups excluding carboxylic acids is 1. The van der Waals surface area contributed by atoms with Gasteiger partial charge in [0.2, 0.25) is 5.91 Å². The summed E-state index contributed by atoms with van der Waals surface area (Å²) in [6.07, 6.45) is 0. The van der Waals surface area contributed by atoms with E-state index in [1.54, 1.807) is 0 Å². The number of nitrogens with one attached hydrogen (secondary N) is 1. The molecule has 0 unspecified atom stereocenters. The normalized spacial score (nSPS) is 16.7. The van der Waals surface area contributed by atoms with Gasteiger partial charge in [-0.2, -0.15) is 0 Å². The zero-order chi connectivity index (χ0) is 16.2. The molecule has 1 aliphatic heterocycles. The Morgan fingerprint density at radius 2 is 2.05 bits per heavy atom. The molecule has 2 rings (SSSR count).